The molecule has 2 nitrogen and oxygen atoms in total. The third-order valence-corrected chi connectivity index (χ3v) is 1.53. The first kappa shape index (κ1) is 9.16. The molecule has 0 unspecified atom stereocenters. The zero-order valence-electron chi connectivity index (χ0n) is 7.00. The predicted octanol–water partition coefficient (Wildman–Crippen LogP) is 1.92. The van der Waals surface area contributed by atoms with Crippen molar-refractivity contribution < 1.29 is 13.9 Å². The Balaban J connectivity index is 2.92. The second-order valence-electron chi connectivity index (χ2n) is 2.25. The molecule has 0 saturated heterocycles. The van der Waals surface area contributed by atoms with Gasteiger partial charge in [0.05, 0.1) is 0 Å². The van der Waals surface area contributed by atoms with E-state index in [2.05, 4.69) is 6.07 Å². The van der Waals surface area contributed by atoms with E-state index in [4.69, 9.17) is 9.47 Å². The zero-order valence-corrected chi connectivity index (χ0v) is 7.00. The Bertz CT molecular complexity index is 246. The van der Waals surface area contributed by atoms with Crippen LogP contribution in [-0.4, -0.2) is 14.2 Å². The van der Waals surface area contributed by atoms with Gasteiger partial charge in [0.15, 0.2) is 6.29 Å². The molecule has 0 saturated carbocycles. The van der Waals surface area contributed by atoms with Gasteiger partial charge >= 0.3 is 0 Å². The highest BCUT2D eigenvalue weighted by Gasteiger charge is 2.12. The Hall–Kier alpha value is -0.930. The van der Waals surface area contributed by atoms with Gasteiger partial charge in [-0.1, -0.05) is 12.1 Å². The lowest BCUT2D eigenvalue weighted by atomic mass is 10.2. The molecule has 1 aromatic rings. The normalized spacial score (nSPS) is 10.7. The largest absolute Gasteiger partial charge is 0.352 e. The molecular weight excluding hydrogens is 159 g/mol. The summed E-state index contributed by atoms with van der Waals surface area (Å²) in [5.74, 6) is -0.369. The monoisotopic (exact) mass is 169 g/mol. The van der Waals surface area contributed by atoms with E-state index >= 15 is 0 Å². The molecule has 0 aliphatic carbocycles. The molecule has 0 aliphatic rings. The van der Waals surface area contributed by atoms with Crippen molar-refractivity contribution in [3.05, 3.63) is 35.6 Å². The predicted molar refractivity (Wildman–Crippen MR) is 42.0 cm³/mol. The summed E-state index contributed by atoms with van der Waals surface area (Å²) in [6.45, 7) is 0. The topological polar surface area (TPSA) is 18.5 Å². The summed E-state index contributed by atoms with van der Waals surface area (Å²) in [5, 5.41) is 0. The second kappa shape index (κ2) is 4.18. The molecule has 0 heterocycles. The lowest BCUT2D eigenvalue weighted by Gasteiger charge is -2.13. The van der Waals surface area contributed by atoms with Crippen LogP contribution in [0.1, 0.15) is 11.9 Å². The number of benzene rings is 1. The fraction of sp³-hybridized carbons (Fsp3) is 0.333. The van der Waals surface area contributed by atoms with Gasteiger partial charge in [0.2, 0.25) is 0 Å². The first-order chi connectivity index (χ1) is 5.79. The lowest BCUT2D eigenvalue weighted by Crippen LogP contribution is -2.05. The highest BCUT2D eigenvalue weighted by Crippen LogP contribution is 2.19. The van der Waals surface area contributed by atoms with Crippen LogP contribution in [0.4, 0.5) is 4.39 Å². The highest BCUT2D eigenvalue weighted by molar-refractivity contribution is 5.17. The van der Waals surface area contributed by atoms with E-state index in [1.807, 2.05) is 0 Å². The Labute approximate surface area is 70.9 Å². The Morgan fingerprint density at radius 2 is 2.08 bits per heavy atom. The minimum absolute atomic E-state index is 0.369. The molecule has 65 valence electrons. The number of hydrogen-bond donors (Lipinski definition) is 0. The number of hydrogen-bond acceptors (Lipinski definition) is 2. The average Bonchev–Trinajstić information content (AvgIpc) is 2.10. The highest BCUT2D eigenvalue weighted by atomic mass is 19.1. The molecule has 1 radical (unpaired) electrons. The zero-order chi connectivity index (χ0) is 8.97. The van der Waals surface area contributed by atoms with Gasteiger partial charge in [0, 0.05) is 19.8 Å². The summed E-state index contributed by atoms with van der Waals surface area (Å²) in [5.41, 5.74) is 0.388. The van der Waals surface area contributed by atoms with Crippen LogP contribution in [0.15, 0.2) is 18.2 Å². The van der Waals surface area contributed by atoms with Gasteiger partial charge in [-0.3, -0.25) is 0 Å². The molecule has 0 spiro atoms. The van der Waals surface area contributed by atoms with E-state index < -0.39 is 6.29 Å². The van der Waals surface area contributed by atoms with Crippen LogP contribution >= 0.6 is 0 Å². The van der Waals surface area contributed by atoms with Crippen molar-refractivity contribution in [3.63, 3.8) is 0 Å². The molecule has 0 atom stereocenters. The fourth-order valence-electron chi connectivity index (χ4n) is 0.963. The summed E-state index contributed by atoms with van der Waals surface area (Å²) in [6, 6.07) is 7.06. The van der Waals surface area contributed by atoms with Crippen LogP contribution in [0.2, 0.25) is 0 Å². The van der Waals surface area contributed by atoms with E-state index in [0.29, 0.717) is 5.56 Å². The van der Waals surface area contributed by atoms with Crippen molar-refractivity contribution in [1.82, 2.24) is 0 Å². The molecular formula is C9H10FO2. The van der Waals surface area contributed by atoms with Crippen molar-refractivity contribution in [1.29, 1.82) is 0 Å². The van der Waals surface area contributed by atoms with E-state index in [-0.39, 0.29) is 5.82 Å². The average molecular weight is 169 g/mol. The van der Waals surface area contributed by atoms with Crippen molar-refractivity contribution >= 4 is 0 Å². The van der Waals surface area contributed by atoms with Gasteiger partial charge in [-0.2, -0.15) is 0 Å². The molecule has 0 N–H and O–H groups in total. The summed E-state index contributed by atoms with van der Waals surface area (Å²) in [7, 11) is 2.93. The molecule has 0 aliphatic heterocycles. The lowest BCUT2D eigenvalue weighted by molar-refractivity contribution is -0.107. The van der Waals surface area contributed by atoms with Crippen LogP contribution in [0, 0.1) is 11.9 Å². The first-order valence-electron chi connectivity index (χ1n) is 3.50. The van der Waals surface area contributed by atoms with Crippen LogP contribution in [-0.2, 0) is 9.47 Å². The third kappa shape index (κ3) is 1.81. The standard InChI is InChI=1S/C9H10FO2/c1-11-9(12-2)7-5-3-4-6-8(7)10/h3,5-6,9H,1-2H3. The van der Waals surface area contributed by atoms with Gasteiger partial charge in [0.1, 0.15) is 5.82 Å². The maximum Gasteiger partial charge on any atom is 0.185 e. The van der Waals surface area contributed by atoms with E-state index in [1.54, 1.807) is 12.1 Å². The quantitative estimate of drug-likeness (QED) is 0.643. The second-order valence-corrected chi connectivity index (χ2v) is 2.25. The van der Waals surface area contributed by atoms with Crippen LogP contribution in [0.5, 0.6) is 0 Å². The minimum atomic E-state index is -0.639. The summed E-state index contributed by atoms with van der Waals surface area (Å²) in [4.78, 5) is 0. The summed E-state index contributed by atoms with van der Waals surface area (Å²) >= 11 is 0. The van der Waals surface area contributed by atoms with Gasteiger partial charge in [-0.05, 0) is 12.1 Å². The SMILES string of the molecule is COC(OC)c1cc[c]cc1F. The van der Waals surface area contributed by atoms with E-state index in [1.165, 1.54) is 20.3 Å². The summed E-state index contributed by atoms with van der Waals surface area (Å²) < 4.78 is 22.8. The third-order valence-electron chi connectivity index (χ3n) is 1.53. The number of methoxy groups -OCH3 is 2. The first-order valence-corrected chi connectivity index (χ1v) is 3.50. The van der Waals surface area contributed by atoms with Gasteiger partial charge in [0.25, 0.3) is 0 Å². The number of halogens is 1. The smallest absolute Gasteiger partial charge is 0.185 e. The van der Waals surface area contributed by atoms with Crippen molar-refractivity contribution in [3.8, 4) is 0 Å². The maximum atomic E-state index is 13.0. The van der Waals surface area contributed by atoms with Crippen molar-refractivity contribution in [2.45, 2.75) is 6.29 Å². The van der Waals surface area contributed by atoms with Crippen LogP contribution < -0.4 is 0 Å². The molecule has 0 fully saturated rings. The summed E-state index contributed by atoms with van der Waals surface area (Å²) in [6.07, 6.45) is -0.639. The molecule has 0 aromatic heterocycles. The Morgan fingerprint density at radius 1 is 1.42 bits per heavy atom. The van der Waals surface area contributed by atoms with E-state index in [9.17, 15) is 4.39 Å². The van der Waals surface area contributed by atoms with Crippen molar-refractivity contribution in [2.75, 3.05) is 14.2 Å². The van der Waals surface area contributed by atoms with E-state index in [0.717, 1.165) is 0 Å². The number of rotatable bonds is 3. The molecule has 0 bridgehead atoms. The van der Waals surface area contributed by atoms with Crippen LogP contribution in [0.3, 0.4) is 0 Å². The van der Waals surface area contributed by atoms with Crippen LogP contribution in [0.25, 0.3) is 0 Å². The minimum Gasteiger partial charge on any atom is -0.352 e. The van der Waals surface area contributed by atoms with Crippen molar-refractivity contribution in [2.24, 2.45) is 0 Å². The van der Waals surface area contributed by atoms with Gasteiger partial charge in [-0.25, -0.2) is 4.39 Å². The molecule has 0 amide bonds. The Morgan fingerprint density at radius 3 is 2.58 bits per heavy atom. The number of ether oxygens (including phenoxy) is 2. The molecule has 1 rings (SSSR count). The fourth-order valence-corrected chi connectivity index (χ4v) is 0.963. The van der Waals surface area contributed by atoms with Gasteiger partial charge in [-0.15, -0.1) is 0 Å². The Kier molecular flexibility index (Phi) is 3.19. The molecule has 3 heteroatoms. The van der Waals surface area contributed by atoms with Gasteiger partial charge < -0.3 is 9.47 Å². The maximum absolute atomic E-state index is 13.0. The molecule has 12 heavy (non-hydrogen) atoms. The molecule has 1 aromatic carbocycles.